The minimum absolute atomic E-state index is 0.583. The number of benzene rings is 1. The maximum Gasteiger partial charge on any atom is 0.102 e. The number of halogens is 2. The minimum atomic E-state index is 0.583. The van der Waals surface area contributed by atoms with Crippen molar-refractivity contribution >= 4 is 23.2 Å². The lowest BCUT2D eigenvalue weighted by Gasteiger charge is -2.06. The van der Waals surface area contributed by atoms with Gasteiger partial charge in [-0.05, 0) is 42.8 Å². The van der Waals surface area contributed by atoms with E-state index >= 15 is 0 Å². The van der Waals surface area contributed by atoms with Gasteiger partial charge in [-0.2, -0.15) is 5.10 Å². The van der Waals surface area contributed by atoms with Crippen LogP contribution in [0.15, 0.2) is 42.7 Å². The van der Waals surface area contributed by atoms with Crippen LogP contribution in [0.5, 0.6) is 0 Å². The average molecular weight is 304 g/mol. The number of pyridine rings is 1. The standard InChI is InChI=1S/C15H11Cl2N3/c1-9-14(10-4-6-18-7-5-10)15(20-19-9)12-3-2-11(16)8-13(12)17/h2-8H,1H3,(H,19,20). The molecule has 1 N–H and O–H groups in total. The molecule has 3 aromatic rings. The summed E-state index contributed by atoms with van der Waals surface area (Å²) in [5.41, 5.74) is 4.73. The Morgan fingerprint density at radius 2 is 1.80 bits per heavy atom. The second-order valence-corrected chi connectivity index (χ2v) is 5.28. The summed E-state index contributed by atoms with van der Waals surface area (Å²) in [5.74, 6) is 0. The van der Waals surface area contributed by atoms with Crippen LogP contribution in [0.2, 0.25) is 10.0 Å². The molecule has 5 heteroatoms. The highest BCUT2D eigenvalue weighted by atomic mass is 35.5. The van der Waals surface area contributed by atoms with Gasteiger partial charge in [-0.1, -0.05) is 23.2 Å². The number of rotatable bonds is 2. The molecule has 1 aromatic carbocycles. The van der Waals surface area contributed by atoms with Gasteiger partial charge in [-0.15, -0.1) is 0 Å². The van der Waals surface area contributed by atoms with Crippen molar-refractivity contribution in [2.24, 2.45) is 0 Å². The van der Waals surface area contributed by atoms with Gasteiger partial charge in [0.05, 0.1) is 5.02 Å². The highest BCUT2D eigenvalue weighted by molar-refractivity contribution is 6.36. The Labute approximate surface area is 126 Å². The van der Waals surface area contributed by atoms with E-state index in [0.29, 0.717) is 10.0 Å². The topological polar surface area (TPSA) is 41.6 Å². The molecule has 0 saturated heterocycles. The maximum atomic E-state index is 6.28. The Morgan fingerprint density at radius 1 is 1.05 bits per heavy atom. The Hall–Kier alpha value is -1.84. The highest BCUT2D eigenvalue weighted by Gasteiger charge is 2.16. The first-order valence-electron chi connectivity index (χ1n) is 6.07. The average Bonchev–Trinajstić information content (AvgIpc) is 2.81. The number of nitrogens with zero attached hydrogens (tertiary/aromatic N) is 2. The fourth-order valence-electron chi connectivity index (χ4n) is 2.18. The third-order valence-corrected chi connectivity index (χ3v) is 3.65. The summed E-state index contributed by atoms with van der Waals surface area (Å²) >= 11 is 12.2. The summed E-state index contributed by atoms with van der Waals surface area (Å²) in [4.78, 5) is 4.04. The lowest BCUT2D eigenvalue weighted by atomic mass is 10.0. The molecule has 0 bridgehead atoms. The fourth-order valence-corrected chi connectivity index (χ4v) is 2.68. The normalized spacial score (nSPS) is 10.8. The van der Waals surface area contributed by atoms with E-state index in [1.165, 1.54) is 0 Å². The van der Waals surface area contributed by atoms with E-state index in [2.05, 4.69) is 15.2 Å². The van der Waals surface area contributed by atoms with Crippen molar-refractivity contribution in [3.63, 3.8) is 0 Å². The monoisotopic (exact) mass is 303 g/mol. The summed E-state index contributed by atoms with van der Waals surface area (Å²) < 4.78 is 0. The number of nitrogens with one attached hydrogen (secondary N) is 1. The Balaban J connectivity index is 2.21. The summed E-state index contributed by atoms with van der Waals surface area (Å²) in [5, 5.41) is 8.58. The maximum absolute atomic E-state index is 6.28. The third-order valence-electron chi connectivity index (χ3n) is 3.10. The van der Waals surface area contributed by atoms with Gasteiger partial charge in [0.2, 0.25) is 0 Å². The fraction of sp³-hybridized carbons (Fsp3) is 0.0667. The third kappa shape index (κ3) is 2.30. The van der Waals surface area contributed by atoms with Gasteiger partial charge in [-0.3, -0.25) is 10.1 Å². The number of aromatic nitrogens is 3. The second kappa shape index (κ2) is 5.27. The van der Waals surface area contributed by atoms with Crippen LogP contribution < -0.4 is 0 Å². The molecule has 20 heavy (non-hydrogen) atoms. The lowest BCUT2D eigenvalue weighted by Crippen LogP contribution is -1.86. The van der Waals surface area contributed by atoms with Crippen LogP contribution in [0.4, 0.5) is 0 Å². The molecule has 0 amide bonds. The molecule has 0 spiro atoms. The Kier molecular flexibility index (Phi) is 3.47. The van der Waals surface area contributed by atoms with Crippen molar-refractivity contribution in [2.75, 3.05) is 0 Å². The summed E-state index contributed by atoms with van der Waals surface area (Å²) in [6.07, 6.45) is 3.52. The SMILES string of the molecule is Cc1[nH]nc(-c2ccc(Cl)cc2Cl)c1-c1ccncc1. The van der Waals surface area contributed by atoms with Crippen LogP contribution in [0.3, 0.4) is 0 Å². The number of H-pyrrole nitrogens is 1. The zero-order valence-electron chi connectivity index (χ0n) is 10.7. The van der Waals surface area contributed by atoms with Crippen molar-refractivity contribution in [3.8, 4) is 22.4 Å². The molecule has 0 radical (unpaired) electrons. The molecule has 2 aromatic heterocycles. The Morgan fingerprint density at radius 3 is 2.50 bits per heavy atom. The summed E-state index contributed by atoms with van der Waals surface area (Å²) in [7, 11) is 0. The molecular formula is C15H11Cl2N3. The molecule has 0 aliphatic heterocycles. The van der Waals surface area contributed by atoms with Gasteiger partial charge in [0.1, 0.15) is 5.69 Å². The first-order valence-corrected chi connectivity index (χ1v) is 6.83. The van der Waals surface area contributed by atoms with Crippen molar-refractivity contribution in [1.82, 2.24) is 15.2 Å². The van der Waals surface area contributed by atoms with Crippen LogP contribution >= 0.6 is 23.2 Å². The van der Waals surface area contributed by atoms with Crippen LogP contribution in [0, 0.1) is 6.92 Å². The predicted octanol–water partition coefficient (Wildman–Crippen LogP) is 4.75. The van der Waals surface area contributed by atoms with Gasteiger partial charge in [0, 0.05) is 34.2 Å². The molecule has 2 heterocycles. The van der Waals surface area contributed by atoms with Crippen molar-refractivity contribution < 1.29 is 0 Å². The van der Waals surface area contributed by atoms with Crippen LogP contribution in [0.1, 0.15) is 5.69 Å². The summed E-state index contributed by atoms with van der Waals surface area (Å²) in [6, 6.07) is 9.31. The van der Waals surface area contributed by atoms with Crippen LogP contribution in [-0.2, 0) is 0 Å². The van der Waals surface area contributed by atoms with E-state index in [-0.39, 0.29) is 0 Å². The van der Waals surface area contributed by atoms with E-state index in [1.54, 1.807) is 18.5 Å². The summed E-state index contributed by atoms with van der Waals surface area (Å²) in [6.45, 7) is 1.98. The Bertz CT molecular complexity index is 751. The molecule has 0 fully saturated rings. The zero-order valence-corrected chi connectivity index (χ0v) is 12.2. The highest BCUT2D eigenvalue weighted by Crippen LogP contribution is 2.37. The lowest BCUT2D eigenvalue weighted by molar-refractivity contribution is 1.05. The van der Waals surface area contributed by atoms with Gasteiger partial charge in [0.25, 0.3) is 0 Å². The number of aromatic amines is 1. The molecule has 3 nitrogen and oxygen atoms in total. The van der Waals surface area contributed by atoms with Gasteiger partial charge < -0.3 is 0 Å². The van der Waals surface area contributed by atoms with Crippen LogP contribution in [0.25, 0.3) is 22.4 Å². The van der Waals surface area contributed by atoms with Crippen molar-refractivity contribution in [2.45, 2.75) is 6.92 Å². The van der Waals surface area contributed by atoms with Gasteiger partial charge in [0.15, 0.2) is 0 Å². The molecule has 0 unspecified atom stereocenters. The zero-order chi connectivity index (χ0) is 14.1. The van der Waals surface area contributed by atoms with E-state index in [9.17, 15) is 0 Å². The quantitative estimate of drug-likeness (QED) is 0.742. The second-order valence-electron chi connectivity index (χ2n) is 4.43. The molecule has 3 rings (SSSR count). The largest absolute Gasteiger partial charge is 0.282 e. The van der Waals surface area contributed by atoms with Gasteiger partial charge >= 0.3 is 0 Å². The molecular weight excluding hydrogens is 293 g/mol. The molecule has 0 saturated carbocycles. The minimum Gasteiger partial charge on any atom is -0.282 e. The van der Waals surface area contributed by atoms with E-state index < -0.39 is 0 Å². The molecule has 100 valence electrons. The van der Waals surface area contributed by atoms with E-state index in [0.717, 1.165) is 28.1 Å². The molecule has 0 aliphatic carbocycles. The van der Waals surface area contributed by atoms with E-state index in [4.69, 9.17) is 23.2 Å². The van der Waals surface area contributed by atoms with Crippen molar-refractivity contribution in [3.05, 3.63) is 58.5 Å². The van der Waals surface area contributed by atoms with Crippen molar-refractivity contribution in [1.29, 1.82) is 0 Å². The van der Waals surface area contributed by atoms with E-state index in [1.807, 2.05) is 31.2 Å². The first-order chi connectivity index (χ1) is 9.66. The number of hydrogen-bond donors (Lipinski definition) is 1. The molecule has 0 atom stereocenters. The van der Waals surface area contributed by atoms with Gasteiger partial charge in [-0.25, -0.2) is 0 Å². The van der Waals surface area contributed by atoms with Crippen LogP contribution in [-0.4, -0.2) is 15.2 Å². The number of aryl methyl sites for hydroxylation is 1. The number of hydrogen-bond acceptors (Lipinski definition) is 2. The molecule has 0 aliphatic rings. The smallest absolute Gasteiger partial charge is 0.102 e. The predicted molar refractivity (Wildman–Crippen MR) is 82.0 cm³/mol. The first kappa shape index (κ1) is 13.2.